The molecule has 18 heavy (non-hydrogen) atoms. The molecule has 88 valence electrons. The van der Waals surface area contributed by atoms with Crippen molar-refractivity contribution >= 4 is 17.4 Å². The Hall–Kier alpha value is -2.56. The van der Waals surface area contributed by atoms with E-state index in [1.54, 1.807) is 12.3 Å². The summed E-state index contributed by atoms with van der Waals surface area (Å²) in [5.41, 5.74) is 1.72. The second kappa shape index (κ2) is 4.37. The van der Waals surface area contributed by atoms with Crippen molar-refractivity contribution in [1.29, 1.82) is 0 Å². The first-order valence-corrected chi connectivity index (χ1v) is 5.56. The maximum atomic E-state index is 11.9. The molecule has 5 nitrogen and oxygen atoms in total. The SMILES string of the molecule is O=C1CC(c2ccccc2)=NN1c1ccncn1. The lowest BCUT2D eigenvalue weighted by atomic mass is 10.1. The Morgan fingerprint density at radius 1 is 1.11 bits per heavy atom. The Labute approximate surface area is 104 Å². The molecule has 2 heterocycles. The molecule has 0 unspecified atom stereocenters. The molecule has 0 spiro atoms. The zero-order chi connectivity index (χ0) is 12.4. The van der Waals surface area contributed by atoms with Crippen LogP contribution in [0.5, 0.6) is 0 Å². The average Bonchev–Trinajstić information content (AvgIpc) is 2.83. The molecule has 0 radical (unpaired) electrons. The average molecular weight is 238 g/mol. The van der Waals surface area contributed by atoms with Crippen LogP contribution < -0.4 is 5.01 Å². The molecule has 1 aliphatic rings. The number of rotatable bonds is 2. The molecule has 0 saturated carbocycles. The molecule has 5 heteroatoms. The van der Waals surface area contributed by atoms with Gasteiger partial charge in [-0.3, -0.25) is 4.79 Å². The first kappa shape index (κ1) is 10.6. The number of aromatic nitrogens is 2. The van der Waals surface area contributed by atoms with E-state index in [-0.39, 0.29) is 5.91 Å². The summed E-state index contributed by atoms with van der Waals surface area (Å²) in [6.45, 7) is 0. The van der Waals surface area contributed by atoms with Crippen LogP contribution in [0.2, 0.25) is 0 Å². The van der Waals surface area contributed by atoms with Crippen molar-refractivity contribution in [2.75, 3.05) is 5.01 Å². The van der Waals surface area contributed by atoms with E-state index >= 15 is 0 Å². The van der Waals surface area contributed by atoms with Gasteiger partial charge in [-0.15, -0.1) is 0 Å². The molecule has 2 aromatic rings. The van der Waals surface area contributed by atoms with Crippen LogP contribution in [0.25, 0.3) is 0 Å². The highest BCUT2D eigenvalue weighted by molar-refractivity contribution is 6.18. The third-order valence-electron chi connectivity index (χ3n) is 2.67. The Bertz CT molecular complexity index is 595. The molecule has 1 aliphatic heterocycles. The number of nitrogens with zero attached hydrogens (tertiary/aromatic N) is 4. The summed E-state index contributed by atoms with van der Waals surface area (Å²) in [6, 6.07) is 11.3. The minimum atomic E-state index is -0.0763. The molecule has 0 atom stereocenters. The van der Waals surface area contributed by atoms with Gasteiger partial charge in [0.2, 0.25) is 0 Å². The predicted molar refractivity (Wildman–Crippen MR) is 67.1 cm³/mol. The smallest absolute Gasteiger partial charge is 0.254 e. The van der Waals surface area contributed by atoms with E-state index in [2.05, 4.69) is 15.1 Å². The number of anilines is 1. The van der Waals surface area contributed by atoms with E-state index in [1.807, 2.05) is 30.3 Å². The second-order valence-corrected chi connectivity index (χ2v) is 3.86. The van der Waals surface area contributed by atoms with Crippen molar-refractivity contribution in [3.05, 3.63) is 54.5 Å². The third kappa shape index (κ3) is 1.86. The van der Waals surface area contributed by atoms with Crippen LogP contribution in [-0.4, -0.2) is 21.6 Å². The van der Waals surface area contributed by atoms with Gasteiger partial charge in [-0.1, -0.05) is 30.3 Å². The summed E-state index contributed by atoms with van der Waals surface area (Å²) in [4.78, 5) is 19.8. The zero-order valence-corrected chi connectivity index (χ0v) is 9.52. The lowest BCUT2D eigenvalue weighted by Crippen LogP contribution is -2.20. The first-order valence-electron chi connectivity index (χ1n) is 5.56. The van der Waals surface area contributed by atoms with E-state index in [0.29, 0.717) is 12.2 Å². The fourth-order valence-corrected chi connectivity index (χ4v) is 1.81. The molecule has 0 saturated heterocycles. The Morgan fingerprint density at radius 3 is 2.67 bits per heavy atom. The summed E-state index contributed by atoms with van der Waals surface area (Å²) in [7, 11) is 0. The number of benzene rings is 1. The van der Waals surface area contributed by atoms with Gasteiger partial charge < -0.3 is 0 Å². The quantitative estimate of drug-likeness (QED) is 0.798. The highest BCUT2D eigenvalue weighted by atomic mass is 16.2. The number of carbonyl (C=O) groups excluding carboxylic acids is 1. The topological polar surface area (TPSA) is 58.5 Å². The lowest BCUT2D eigenvalue weighted by Gasteiger charge is -2.08. The largest absolute Gasteiger partial charge is 0.272 e. The molecule has 0 bridgehead atoms. The monoisotopic (exact) mass is 238 g/mol. The van der Waals surface area contributed by atoms with Crippen molar-refractivity contribution in [3.63, 3.8) is 0 Å². The van der Waals surface area contributed by atoms with Crippen LogP contribution in [0.3, 0.4) is 0 Å². The van der Waals surface area contributed by atoms with Gasteiger partial charge in [0.15, 0.2) is 5.82 Å². The summed E-state index contributed by atoms with van der Waals surface area (Å²) in [5.74, 6) is 0.425. The Balaban J connectivity index is 1.95. The summed E-state index contributed by atoms with van der Waals surface area (Å²) in [6.07, 6.45) is 3.29. The van der Waals surface area contributed by atoms with Crippen LogP contribution in [0.1, 0.15) is 12.0 Å². The van der Waals surface area contributed by atoms with E-state index in [1.165, 1.54) is 11.3 Å². The Morgan fingerprint density at radius 2 is 1.94 bits per heavy atom. The van der Waals surface area contributed by atoms with Crippen LogP contribution in [0.4, 0.5) is 5.82 Å². The van der Waals surface area contributed by atoms with Crippen LogP contribution in [-0.2, 0) is 4.79 Å². The van der Waals surface area contributed by atoms with Gasteiger partial charge in [-0.25, -0.2) is 9.97 Å². The molecule has 0 N–H and O–H groups in total. The number of hydrogen-bond donors (Lipinski definition) is 0. The van der Waals surface area contributed by atoms with E-state index in [4.69, 9.17) is 0 Å². The molecule has 3 rings (SSSR count). The molecule has 0 aliphatic carbocycles. The maximum absolute atomic E-state index is 11.9. The predicted octanol–water partition coefficient (Wildman–Crippen LogP) is 1.62. The second-order valence-electron chi connectivity index (χ2n) is 3.86. The van der Waals surface area contributed by atoms with Crippen LogP contribution in [0.15, 0.2) is 54.0 Å². The minimum absolute atomic E-state index is 0.0763. The van der Waals surface area contributed by atoms with Gasteiger partial charge in [0.05, 0.1) is 12.1 Å². The summed E-state index contributed by atoms with van der Waals surface area (Å²) < 4.78 is 0. The van der Waals surface area contributed by atoms with Gasteiger partial charge in [0.25, 0.3) is 5.91 Å². The molecule has 1 amide bonds. The molecular weight excluding hydrogens is 228 g/mol. The number of amides is 1. The van der Waals surface area contributed by atoms with E-state index in [0.717, 1.165) is 11.3 Å². The van der Waals surface area contributed by atoms with Crippen molar-refractivity contribution < 1.29 is 4.79 Å². The standard InChI is InChI=1S/C13H10N4O/c18-13-8-11(10-4-2-1-3-5-10)16-17(13)12-6-7-14-9-15-12/h1-7,9H,8H2. The van der Waals surface area contributed by atoms with Crippen molar-refractivity contribution in [1.82, 2.24) is 9.97 Å². The fraction of sp³-hybridized carbons (Fsp3) is 0.0769. The van der Waals surface area contributed by atoms with Crippen LogP contribution in [0, 0.1) is 0 Å². The van der Waals surface area contributed by atoms with Crippen LogP contribution >= 0.6 is 0 Å². The van der Waals surface area contributed by atoms with Gasteiger partial charge in [0.1, 0.15) is 6.33 Å². The highest BCUT2D eigenvalue weighted by Gasteiger charge is 2.26. The minimum Gasteiger partial charge on any atom is -0.272 e. The zero-order valence-electron chi connectivity index (χ0n) is 9.52. The Kier molecular flexibility index (Phi) is 2.57. The molecule has 1 aromatic heterocycles. The van der Waals surface area contributed by atoms with E-state index < -0.39 is 0 Å². The van der Waals surface area contributed by atoms with Gasteiger partial charge in [-0.2, -0.15) is 10.1 Å². The molecule has 1 aromatic carbocycles. The van der Waals surface area contributed by atoms with Gasteiger partial charge in [-0.05, 0) is 5.56 Å². The third-order valence-corrected chi connectivity index (χ3v) is 2.67. The normalized spacial score (nSPS) is 14.8. The number of hydrazone groups is 1. The molecular formula is C13H10N4O. The molecule has 0 fully saturated rings. The van der Waals surface area contributed by atoms with Crippen molar-refractivity contribution in [3.8, 4) is 0 Å². The number of carbonyl (C=O) groups is 1. The first-order chi connectivity index (χ1) is 8.84. The lowest BCUT2D eigenvalue weighted by molar-refractivity contribution is -0.116. The summed E-state index contributed by atoms with van der Waals surface area (Å²) in [5, 5.41) is 5.64. The van der Waals surface area contributed by atoms with Crippen molar-refractivity contribution in [2.45, 2.75) is 6.42 Å². The summed E-state index contributed by atoms with van der Waals surface area (Å²) >= 11 is 0. The van der Waals surface area contributed by atoms with E-state index in [9.17, 15) is 4.79 Å². The number of hydrogen-bond acceptors (Lipinski definition) is 4. The van der Waals surface area contributed by atoms with Gasteiger partial charge >= 0.3 is 0 Å². The van der Waals surface area contributed by atoms with Gasteiger partial charge in [0, 0.05) is 12.3 Å². The highest BCUT2D eigenvalue weighted by Crippen LogP contribution is 2.19. The van der Waals surface area contributed by atoms with Crippen molar-refractivity contribution in [2.24, 2.45) is 5.10 Å². The maximum Gasteiger partial charge on any atom is 0.254 e. The fourth-order valence-electron chi connectivity index (χ4n) is 1.81.